The van der Waals surface area contributed by atoms with Crippen LogP contribution in [0.1, 0.15) is 18.4 Å². The Morgan fingerprint density at radius 2 is 1.90 bits per heavy atom. The number of para-hydroxylation sites is 2. The third-order valence-corrected chi connectivity index (χ3v) is 5.72. The van der Waals surface area contributed by atoms with E-state index in [1.54, 1.807) is 31.3 Å². The quantitative estimate of drug-likeness (QED) is 0.684. The molecule has 2 aromatic carbocycles. The normalized spacial score (nSPS) is 15.0. The highest BCUT2D eigenvalue weighted by Gasteiger charge is 2.27. The molecular weight excluding hydrogens is 409 g/mol. The van der Waals surface area contributed by atoms with E-state index in [9.17, 15) is 19.1 Å². The number of hydrogen-bond donors (Lipinski definition) is 2. The summed E-state index contributed by atoms with van der Waals surface area (Å²) in [6.45, 7) is 1.53. The maximum atomic E-state index is 13.9. The highest BCUT2D eigenvalue weighted by molar-refractivity contribution is 6.31. The average molecular weight is 434 g/mol. The van der Waals surface area contributed by atoms with Gasteiger partial charge in [-0.05, 0) is 50.2 Å². The maximum Gasteiger partial charge on any atom is 0.236 e. The van der Waals surface area contributed by atoms with Gasteiger partial charge in [0.15, 0.2) is 0 Å². The van der Waals surface area contributed by atoms with Crippen LogP contribution in [0, 0.1) is 11.7 Å². The number of likely N-dealkylation sites (N-methyl/N-ethyl adjacent to an activating group) is 1. The zero-order valence-electron chi connectivity index (χ0n) is 16.8. The first-order valence-corrected chi connectivity index (χ1v) is 10.2. The molecule has 30 heavy (non-hydrogen) atoms. The summed E-state index contributed by atoms with van der Waals surface area (Å²) in [6.07, 6.45) is 1.24. The minimum atomic E-state index is -0.432. The van der Waals surface area contributed by atoms with E-state index in [-0.39, 0.29) is 36.6 Å². The lowest BCUT2D eigenvalue weighted by Gasteiger charge is -2.32. The number of anilines is 1. The van der Waals surface area contributed by atoms with Crippen molar-refractivity contribution in [2.45, 2.75) is 19.4 Å². The number of phenolic OH excluding ortho intramolecular Hbond substituents is 1. The first-order valence-electron chi connectivity index (χ1n) is 9.83. The molecule has 160 valence electrons. The Morgan fingerprint density at radius 1 is 1.20 bits per heavy atom. The summed E-state index contributed by atoms with van der Waals surface area (Å²) in [5.41, 5.74) is 0.697. The molecule has 1 heterocycles. The third-order valence-electron chi connectivity index (χ3n) is 5.36. The molecule has 0 bridgehead atoms. The molecule has 0 radical (unpaired) electrons. The van der Waals surface area contributed by atoms with Crippen LogP contribution in [0.3, 0.4) is 0 Å². The molecular formula is C22H25ClFN3O3. The fourth-order valence-corrected chi connectivity index (χ4v) is 3.71. The molecule has 1 saturated heterocycles. The van der Waals surface area contributed by atoms with Gasteiger partial charge in [-0.15, -0.1) is 0 Å². The van der Waals surface area contributed by atoms with Crippen LogP contribution in [0.5, 0.6) is 5.75 Å². The molecule has 0 atom stereocenters. The lowest BCUT2D eigenvalue weighted by Crippen LogP contribution is -2.43. The van der Waals surface area contributed by atoms with Gasteiger partial charge in [0.1, 0.15) is 11.6 Å². The van der Waals surface area contributed by atoms with Crippen LogP contribution in [-0.4, -0.2) is 53.4 Å². The fraction of sp³-hybridized carbons (Fsp3) is 0.364. The fourth-order valence-electron chi connectivity index (χ4n) is 3.49. The first kappa shape index (κ1) is 22.1. The van der Waals surface area contributed by atoms with Crippen molar-refractivity contribution in [1.82, 2.24) is 9.80 Å². The van der Waals surface area contributed by atoms with Crippen molar-refractivity contribution >= 4 is 29.1 Å². The number of halogens is 2. The van der Waals surface area contributed by atoms with Crippen molar-refractivity contribution in [1.29, 1.82) is 0 Å². The van der Waals surface area contributed by atoms with Crippen molar-refractivity contribution in [2.24, 2.45) is 5.92 Å². The number of aromatic hydroxyl groups is 1. The van der Waals surface area contributed by atoms with E-state index in [0.29, 0.717) is 42.2 Å². The van der Waals surface area contributed by atoms with E-state index in [0.717, 1.165) is 0 Å². The van der Waals surface area contributed by atoms with Gasteiger partial charge in [-0.1, -0.05) is 29.8 Å². The van der Waals surface area contributed by atoms with Gasteiger partial charge in [0.2, 0.25) is 11.8 Å². The van der Waals surface area contributed by atoms with Crippen molar-refractivity contribution < 1.29 is 19.1 Å². The van der Waals surface area contributed by atoms with Crippen LogP contribution in [0.4, 0.5) is 10.1 Å². The summed E-state index contributed by atoms with van der Waals surface area (Å²) in [6, 6.07) is 11.1. The van der Waals surface area contributed by atoms with Gasteiger partial charge in [0.05, 0.1) is 12.2 Å². The number of piperidine rings is 1. The van der Waals surface area contributed by atoms with Crippen molar-refractivity contribution in [3.8, 4) is 5.75 Å². The van der Waals surface area contributed by atoms with Crippen LogP contribution < -0.4 is 5.32 Å². The molecule has 0 aliphatic carbocycles. The summed E-state index contributed by atoms with van der Waals surface area (Å²) in [5, 5.41) is 12.9. The van der Waals surface area contributed by atoms with Gasteiger partial charge in [0, 0.05) is 30.1 Å². The van der Waals surface area contributed by atoms with E-state index < -0.39 is 5.82 Å². The van der Waals surface area contributed by atoms with Crippen LogP contribution in [0.25, 0.3) is 0 Å². The van der Waals surface area contributed by atoms with Gasteiger partial charge < -0.3 is 15.3 Å². The number of likely N-dealkylation sites (tertiary alicyclic amines) is 1. The first-order chi connectivity index (χ1) is 14.3. The zero-order chi connectivity index (χ0) is 21.7. The predicted molar refractivity (Wildman–Crippen MR) is 114 cm³/mol. The number of amides is 2. The maximum absolute atomic E-state index is 13.9. The average Bonchev–Trinajstić information content (AvgIpc) is 2.73. The van der Waals surface area contributed by atoms with E-state index in [1.165, 1.54) is 23.1 Å². The van der Waals surface area contributed by atoms with Gasteiger partial charge in [-0.25, -0.2) is 4.39 Å². The summed E-state index contributed by atoms with van der Waals surface area (Å²) < 4.78 is 13.9. The monoisotopic (exact) mass is 433 g/mol. The van der Waals surface area contributed by atoms with Gasteiger partial charge in [-0.3, -0.25) is 14.5 Å². The van der Waals surface area contributed by atoms with Crippen LogP contribution in [-0.2, 0) is 16.1 Å². The number of hydrogen-bond acceptors (Lipinski definition) is 4. The predicted octanol–water partition coefficient (Wildman–Crippen LogP) is 3.49. The lowest BCUT2D eigenvalue weighted by atomic mass is 9.95. The summed E-state index contributed by atoms with van der Waals surface area (Å²) in [5.74, 6) is -0.837. The Bertz CT molecular complexity index is 896. The highest BCUT2D eigenvalue weighted by Crippen LogP contribution is 2.25. The molecule has 0 aromatic heterocycles. The van der Waals surface area contributed by atoms with Crippen LogP contribution in [0.15, 0.2) is 42.5 Å². The second kappa shape index (κ2) is 9.91. The largest absolute Gasteiger partial charge is 0.506 e. The molecule has 8 heteroatoms. The van der Waals surface area contributed by atoms with E-state index in [4.69, 9.17) is 11.6 Å². The number of rotatable bonds is 6. The minimum absolute atomic E-state index is 0.0341. The number of benzene rings is 2. The molecule has 2 aromatic rings. The lowest BCUT2D eigenvalue weighted by molar-refractivity contribution is -0.132. The molecule has 1 aliphatic heterocycles. The van der Waals surface area contributed by atoms with E-state index >= 15 is 0 Å². The van der Waals surface area contributed by atoms with Gasteiger partial charge in [-0.2, -0.15) is 0 Å². The number of carbonyl (C=O) groups excluding carboxylic acids is 2. The minimum Gasteiger partial charge on any atom is -0.506 e. The summed E-state index contributed by atoms with van der Waals surface area (Å²) >= 11 is 6.04. The smallest absolute Gasteiger partial charge is 0.236 e. The number of carbonyl (C=O) groups is 2. The summed E-state index contributed by atoms with van der Waals surface area (Å²) in [4.78, 5) is 28.5. The Hall–Kier alpha value is -2.64. The Balaban J connectivity index is 1.47. The van der Waals surface area contributed by atoms with Gasteiger partial charge >= 0.3 is 0 Å². The number of nitrogens with one attached hydrogen (secondary N) is 1. The highest BCUT2D eigenvalue weighted by atomic mass is 35.5. The van der Waals surface area contributed by atoms with E-state index in [1.807, 2.05) is 4.90 Å². The molecule has 0 saturated carbocycles. The SMILES string of the molecule is CN(Cc1c(F)cccc1Cl)C(=O)CN1CCC(C(=O)Nc2ccccc2O)CC1. The topological polar surface area (TPSA) is 72.9 Å². The molecule has 2 amide bonds. The second-order valence-electron chi connectivity index (χ2n) is 7.51. The molecule has 3 rings (SSSR count). The Labute approximate surface area is 180 Å². The van der Waals surface area contributed by atoms with Crippen molar-refractivity contribution in [3.05, 3.63) is 58.9 Å². The molecule has 2 N–H and O–H groups in total. The Kier molecular flexibility index (Phi) is 7.29. The summed E-state index contributed by atoms with van der Waals surface area (Å²) in [7, 11) is 1.62. The number of nitrogens with zero attached hydrogens (tertiary/aromatic N) is 2. The molecule has 1 aliphatic rings. The second-order valence-corrected chi connectivity index (χ2v) is 7.91. The third kappa shape index (κ3) is 5.49. The van der Waals surface area contributed by atoms with Crippen molar-refractivity contribution in [2.75, 3.05) is 32.0 Å². The van der Waals surface area contributed by atoms with E-state index in [2.05, 4.69) is 5.32 Å². The molecule has 1 fully saturated rings. The molecule has 0 spiro atoms. The molecule has 0 unspecified atom stereocenters. The molecule has 6 nitrogen and oxygen atoms in total. The zero-order valence-corrected chi connectivity index (χ0v) is 17.5. The van der Waals surface area contributed by atoms with Crippen LogP contribution >= 0.6 is 11.6 Å². The Morgan fingerprint density at radius 3 is 2.57 bits per heavy atom. The van der Waals surface area contributed by atoms with Crippen LogP contribution in [0.2, 0.25) is 5.02 Å². The number of phenols is 1. The van der Waals surface area contributed by atoms with Gasteiger partial charge in [0.25, 0.3) is 0 Å². The standard InChI is InChI=1S/C22H25ClFN3O3/c1-26(13-16-17(23)5-4-6-18(16)24)21(29)14-27-11-9-15(10-12-27)22(30)25-19-7-2-3-8-20(19)28/h2-8,15,28H,9-14H2,1H3,(H,25,30). The van der Waals surface area contributed by atoms with Crippen molar-refractivity contribution in [3.63, 3.8) is 0 Å².